The molecule has 21 heavy (non-hydrogen) atoms. The highest BCUT2D eigenvalue weighted by Crippen LogP contribution is 2.28. The minimum atomic E-state index is 0.0281. The second kappa shape index (κ2) is 6.66. The lowest BCUT2D eigenvalue weighted by Gasteiger charge is -2.21. The Kier molecular flexibility index (Phi) is 4.65. The number of aliphatic hydroxyl groups is 1. The third-order valence-corrected chi connectivity index (χ3v) is 5.24. The first kappa shape index (κ1) is 14.7. The zero-order valence-electron chi connectivity index (χ0n) is 12.4. The van der Waals surface area contributed by atoms with E-state index in [1.54, 1.807) is 18.0 Å². The van der Waals surface area contributed by atoms with Crippen molar-refractivity contribution in [3.8, 4) is 0 Å². The SMILES string of the molecule is Cn1c(CO)cnc1SCc1ccn(C2CCCCC2)n1. The van der Waals surface area contributed by atoms with Crippen molar-refractivity contribution < 1.29 is 5.11 Å². The number of nitrogens with zero attached hydrogens (tertiary/aromatic N) is 4. The molecule has 0 amide bonds. The molecule has 0 atom stereocenters. The van der Waals surface area contributed by atoms with Crippen LogP contribution in [0.15, 0.2) is 23.6 Å². The fraction of sp³-hybridized carbons (Fsp3) is 0.600. The van der Waals surface area contributed by atoms with Gasteiger partial charge in [0.05, 0.1) is 30.2 Å². The maximum Gasteiger partial charge on any atom is 0.168 e. The molecule has 0 radical (unpaired) electrons. The summed E-state index contributed by atoms with van der Waals surface area (Å²) in [6.45, 7) is 0.0281. The minimum Gasteiger partial charge on any atom is -0.390 e. The third-order valence-electron chi connectivity index (χ3n) is 4.17. The maximum absolute atomic E-state index is 9.18. The number of hydrogen-bond acceptors (Lipinski definition) is 4. The fourth-order valence-corrected chi connectivity index (χ4v) is 3.72. The lowest BCUT2D eigenvalue weighted by Crippen LogP contribution is -2.13. The lowest BCUT2D eigenvalue weighted by atomic mass is 9.96. The molecule has 1 N–H and O–H groups in total. The van der Waals surface area contributed by atoms with Crippen molar-refractivity contribution in [1.82, 2.24) is 19.3 Å². The van der Waals surface area contributed by atoms with Crippen molar-refractivity contribution in [3.63, 3.8) is 0 Å². The molecule has 1 aliphatic rings. The summed E-state index contributed by atoms with van der Waals surface area (Å²) in [6, 6.07) is 2.70. The van der Waals surface area contributed by atoms with E-state index < -0.39 is 0 Å². The van der Waals surface area contributed by atoms with E-state index >= 15 is 0 Å². The Bertz CT molecular complexity index is 586. The van der Waals surface area contributed by atoms with Crippen LogP contribution in [0.5, 0.6) is 0 Å². The average Bonchev–Trinajstić information content (AvgIpc) is 3.13. The Balaban J connectivity index is 1.60. The third kappa shape index (κ3) is 3.32. The normalized spacial score (nSPS) is 16.5. The first-order valence-electron chi connectivity index (χ1n) is 7.56. The molecule has 0 bridgehead atoms. The topological polar surface area (TPSA) is 55.9 Å². The number of aromatic nitrogens is 4. The second-order valence-electron chi connectivity index (χ2n) is 5.62. The van der Waals surface area contributed by atoms with Crippen molar-refractivity contribution in [2.24, 2.45) is 7.05 Å². The van der Waals surface area contributed by atoms with Gasteiger partial charge >= 0.3 is 0 Å². The van der Waals surface area contributed by atoms with Crippen LogP contribution in [0.4, 0.5) is 0 Å². The van der Waals surface area contributed by atoms with Crippen LogP contribution in [0.2, 0.25) is 0 Å². The summed E-state index contributed by atoms with van der Waals surface area (Å²) in [5.74, 6) is 0.815. The Morgan fingerprint density at radius 3 is 2.86 bits per heavy atom. The van der Waals surface area contributed by atoms with Crippen LogP contribution in [-0.4, -0.2) is 24.4 Å². The molecule has 0 aromatic carbocycles. The molecule has 114 valence electrons. The van der Waals surface area contributed by atoms with Crippen LogP contribution in [0, 0.1) is 0 Å². The molecular weight excluding hydrogens is 284 g/mol. The van der Waals surface area contributed by atoms with Crippen molar-refractivity contribution in [3.05, 3.63) is 29.8 Å². The van der Waals surface area contributed by atoms with E-state index in [4.69, 9.17) is 5.10 Å². The van der Waals surface area contributed by atoms with Gasteiger partial charge < -0.3 is 9.67 Å². The predicted octanol–water partition coefficient (Wildman–Crippen LogP) is 2.91. The van der Waals surface area contributed by atoms with Gasteiger partial charge in [0, 0.05) is 19.0 Å². The number of thioether (sulfide) groups is 1. The molecule has 5 nitrogen and oxygen atoms in total. The molecule has 1 saturated carbocycles. The fourth-order valence-electron chi connectivity index (χ4n) is 2.85. The Morgan fingerprint density at radius 2 is 2.14 bits per heavy atom. The zero-order chi connectivity index (χ0) is 14.7. The Morgan fingerprint density at radius 1 is 1.33 bits per heavy atom. The van der Waals surface area contributed by atoms with E-state index in [0.29, 0.717) is 6.04 Å². The summed E-state index contributed by atoms with van der Waals surface area (Å²) in [7, 11) is 1.93. The molecule has 0 aliphatic heterocycles. The van der Waals surface area contributed by atoms with Crippen LogP contribution in [-0.2, 0) is 19.4 Å². The highest BCUT2D eigenvalue weighted by atomic mass is 32.2. The van der Waals surface area contributed by atoms with E-state index in [0.717, 1.165) is 22.3 Å². The van der Waals surface area contributed by atoms with E-state index in [1.807, 2.05) is 11.6 Å². The number of imidazole rings is 1. The van der Waals surface area contributed by atoms with Crippen molar-refractivity contribution in [1.29, 1.82) is 0 Å². The first-order valence-corrected chi connectivity index (χ1v) is 8.55. The van der Waals surface area contributed by atoms with Gasteiger partial charge in [0.2, 0.25) is 0 Å². The van der Waals surface area contributed by atoms with Gasteiger partial charge in [0.1, 0.15) is 0 Å². The van der Waals surface area contributed by atoms with Crippen LogP contribution < -0.4 is 0 Å². The standard InChI is InChI=1S/C15H22N4OS/c1-18-14(10-20)9-16-15(18)21-11-12-7-8-19(17-12)13-5-3-2-4-6-13/h7-9,13,20H,2-6,10-11H2,1H3. The van der Waals surface area contributed by atoms with Gasteiger partial charge in [-0.25, -0.2) is 4.98 Å². The summed E-state index contributed by atoms with van der Waals surface area (Å²) in [5.41, 5.74) is 1.93. The highest BCUT2D eigenvalue weighted by Gasteiger charge is 2.16. The number of rotatable bonds is 5. The molecule has 2 aromatic heterocycles. The monoisotopic (exact) mass is 306 g/mol. The van der Waals surface area contributed by atoms with Crippen LogP contribution >= 0.6 is 11.8 Å². The van der Waals surface area contributed by atoms with E-state index in [2.05, 4.69) is 21.9 Å². The molecule has 0 unspecified atom stereocenters. The van der Waals surface area contributed by atoms with Gasteiger partial charge in [-0.05, 0) is 18.9 Å². The van der Waals surface area contributed by atoms with Crippen molar-refractivity contribution in [2.75, 3.05) is 0 Å². The second-order valence-corrected chi connectivity index (χ2v) is 6.56. The zero-order valence-corrected chi connectivity index (χ0v) is 13.2. The molecule has 3 rings (SSSR count). The van der Waals surface area contributed by atoms with Gasteiger partial charge in [0.15, 0.2) is 5.16 Å². The van der Waals surface area contributed by atoms with Gasteiger partial charge in [0.25, 0.3) is 0 Å². The van der Waals surface area contributed by atoms with Crippen LogP contribution in [0.25, 0.3) is 0 Å². The van der Waals surface area contributed by atoms with E-state index in [9.17, 15) is 5.11 Å². The molecule has 2 heterocycles. The molecule has 6 heteroatoms. The van der Waals surface area contributed by atoms with Crippen LogP contribution in [0.3, 0.4) is 0 Å². The number of hydrogen-bond donors (Lipinski definition) is 1. The molecule has 0 spiro atoms. The summed E-state index contributed by atoms with van der Waals surface area (Å²) in [6.07, 6.45) is 10.4. The van der Waals surface area contributed by atoms with E-state index in [-0.39, 0.29) is 6.61 Å². The summed E-state index contributed by atoms with van der Waals surface area (Å²) >= 11 is 1.66. The summed E-state index contributed by atoms with van der Waals surface area (Å²) in [4.78, 5) is 4.33. The van der Waals surface area contributed by atoms with Crippen LogP contribution in [0.1, 0.15) is 49.5 Å². The lowest BCUT2D eigenvalue weighted by molar-refractivity contribution is 0.271. The quantitative estimate of drug-likeness (QED) is 0.863. The minimum absolute atomic E-state index is 0.0281. The highest BCUT2D eigenvalue weighted by molar-refractivity contribution is 7.98. The first-order chi connectivity index (χ1) is 10.3. The Labute approximate surface area is 129 Å². The predicted molar refractivity (Wildman–Crippen MR) is 83.0 cm³/mol. The Hall–Kier alpha value is -1.27. The molecule has 1 fully saturated rings. The van der Waals surface area contributed by atoms with Gasteiger partial charge in [-0.3, -0.25) is 4.68 Å². The van der Waals surface area contributed by atoms with E-state index in [1.165, 1.54) is 32.1 Å². The number of aliphatic hydroxyl groups excluding tert-OH is 1. The van der Waals surface area contributed by atoms with Crippen molar-refractivity contribution >= 4 is 11.8 Å². The molecule has 2 aromatic rings. The van der Waals surface area contributed by atoms with Gasteiger partial charge in [-0.15, -0.1) is 0 Å². The molecule has 1 aliphatic carbocycles. The smallest absolute Gasteiger partial charge is 0.168 e. The summed E-state index contributed by atoms with van der Waals surface area (Å²) in [5, 5.41) is 14.8. The molecule has 0 saturated heterocycles. The van der Waals surface area contributed by atoms with Gasteiger partial charge in [-0.1, -0.05) is 31.0 Å². The average molecular weight is 306 g/mol. The van der Waals surface area contributed by atoms with Crippen molar-refractivity contribution in [2.45, 2.75) is 55.7 Å². The molecular formula is C15H22N4OS. The largest absolute Gasteiger partial charge is 0.390 e. The van der Waals surface area contributed by atoms with Gasteiger partial charge in [-0.2, -0.15) is 5.10 Å². The summed E-state index contributed by atoms with van der Waals surface area (Å²) < 4.78 is 4.08. The maximum atomic E-state index is 9.18.